The Hall–Kier alpha value is -1.40. The largest absolute Gasteiger partial charge is 0.434 e. The molecule has 1 aliphatic heterocycles. The average molecular weight is 335 g/mol. The number of piperidine rings is 1. The number of halogens is 3. The summed E-state index contributed by atoms with van der Waals surface area (Å²) in [4.78, 5) is 14.2. The summed E-state index contributed by atoms with van der Waals surface area (Å²) < 4.78 is 29.2. The highest BCUT2D eigenvalue weighted by Crippen LogP contribution is 2.25. The van der Waals surface area contributed by atoms with Gasteiger partial charge in [-0.25, -0.2) is 0 Å². The number of likely N-dealkylation sites (tertiary alicyclic amines) is 1. The zero-order valence-electron chi connectivity index (χ0n) is 12.2. The lowest BCUT2D eigenvalue weighted by molar-refractivity contribution is -0.0503. The number of hydrogen-bond acceptors (Lipinski definition) is 3. The Morgan fingerprint density at radius 2 is 2.14 bits per heavy atom. The van der Waals surface area contributed by atoms with Crippen LogP contribution in [0.3, 0.4) is 0 Å². The monoisotopic (exact) mass is 334 g/mol. The van der Waals surface area contributed by atoms with E-state index in [1.54, 1.807) is 17.0 Å². The second-order valence-corrected chi connectivity index (χ2v) is 5.21. The molecule has 1 aromatic carbocycles. The molecule has 1 atom stereocenters. The van der Waals surface area contributed by atoms with Gasteiger partial charge in [-0.15, -0.1) is 12.4 Å². The summed E-state index contributed by atoms with van der Waals surface area (Å²) in [7, 11) is 0. The van der Waals surface area contributed by atoms with Gasteiger partial charge in [0, 0.05) is 13.1 Å². The van der Waals surface area contributed by atoms with E-state index in [-0.39, 0.29) is 29.6 Å². The molecule has 2 rings (SSSR count). The molecule has 0 saturated carbocycles. The molecular formula is C15H21ClF2N2O2. The van der Waals surface area contributed by atoms with Gasteiger partial charge >= 0.3 is 6.61 Å². The van der Waals surface area contributed by atoms with E-state index in [9.17, 15) is 13.6 Å². The highest BCUT2D eigenvalue weighted by atomic mass is 35.5. The van der Waals surface area contributed by atoms with Crippen molar-refractivity contribution in [1.82, 2.24) is 4.90 Å². The molecule has 4 nitrogen and oxygen atoms in total. The van der Waals surface area contributed by atoms with Gasteiger partial charge in [0.05, 0.1) is 5.56 Å². The number of carbonyl (C=O) groups is 1. The number of rotatable bonds is 5. The van der Waals surface area contributed by atoms with Gasteiger partial charge in [-0.1, -0.05) is 12.1 Å². The topological polar surface area (TPSA) is 55.6 Å². The zero-order chi connectivity index (χ0) is 15.2. The second kappa shape index (κ2) is 8.90. The Bertz CT molecular complexity index is 486. The number of nitrogens with zero attached hydrogens (tertiary/aromatic N) is 1. The summed E-state index contributed by atoms with van der Waals surface area (Å²) >= 11 is 0. The van der Waals surface area contributed by atoms with Crippen molar-refractivity contribution in [3.05, 3.63) is 29.8 Å². The summed E-state index contributed by atoms with van der Waals surface area (Å²) in [6, 6.07) is 6.13. The molecule has 2 N–H and O–H groups in total. The zero-order valence-corrected chi connectivity index (χ0v) is 13.0. The van der Waals surface area contributed by atoms with E-state index in [2.05, 4.69) is 4.74 Å². The molecule has 7 heteroatoms. The van der Waals surface area contributed by atoms with Crippen molar-refractivity contribution in [3.63, 3.8) is 0 Å². The van der Waals surface area contributed by atoms with E-state index in [1.165, 1.54) is 12.1 Å². The van der Waals surface area contributed by atoms with Crippen molar-refractivity contribution in [1.29, 1.82) is 0 Å². The number of para-hydroxylation sites is 1. The number of alkyl halides is 2. The van der Waals surface area contributed by atoms with Crippen LogP contribution >= 0.6 is 12.4 Å². The molecule has 0 spiro atoms. The number of benzene rings is 1. The molecule has 1 amide bonds. The van der Waals surface area contributed by atoms with Crippen LogP contribution in [0.15, 0.2) is 24.3 Å². The van der Waals surface area contributed by atoms with Crippen molar-refractivity contribution in [3.8, 4) is 5.75 Å². The predicted molar refractivity (Wildman–Crippen MR) is 82.6 cm³/mol. The Morgan fingerprint density at radius 3 is 2.82 bits per heavy atom. The van der Waals surface area contributed by atoms with E-state index in [4.69, 9.17) is 5.73 Å². The van der Waals surface area contributed by atoms with Crippen LogP contribution in [0, 0.1) is 5.92 Å². The molecule has 1 aromatic rings. The van der Waals surface area contributed by atoms with Crippen LogP contribution in [0.25, 0.3) is 0 Å². The standard InChI is InChI=1S/C15H20F2N2O2.ClH/c16-15(17)21-13-6-2-1-5-12(13)14(20)19-9-3-4-11(10-19)7-8-18;/h1-2,5-6,11,15H,3-4,7-10,18H2;1H. The fourth-order valence-electron chi connectivity index (χ4n) is 2.73. The van der Waals surface area contributed by atoms with Crippen LogP contribution < -0.4 is 10.5 Å². The number of carbonyl (C=O) groups excluding carboxylic acids is 1. The minimum absolute atomic E-state index is 0. The SMILES string of the molecule is Cl.NCCC1CCCN(C(=O)c2ccccc2OC(F)F)C1. The fraction of sp³-hybridized carbons (Fsp3) is 0.533. The normalized spacial score (nSPS) is 18.0. The lowest BCUT2D eigenvalue weighted by Crippen LogP contribution is -2.40. The van der Waals surface area contributed by atoms with E-state index in [1.807, 2.05) is 0 Å². The number of amides is 1. The first kappa shape index (κ1) is 18.6. The maximum Gasteiger partial charge on any atom is 0.387 e. The third-order valence-corrected chi connectivity index (χ3v) is 3.71. The third-order valence-electron chi connectivity index (χ3n) is 3.71. The van der Waals surface area contributed by atoms with Crippen molar-refractivity contribution in [2.24, 2.45) is 11.7 Å². The Balaban J connectivity index is 0.00000242. The van der Waals surface area contributed by atoms with E-state index in [0.717, 1.165) is 19.3 Å². The molecule has 22 heavy (non-hydrogen) atoms. The first-order valence-electron chi connectivity index (χ1n) is 7.15. The van der Waals surface area contributed by atoms with Gasteiger partial charge in [-0.3, -0.25) is 4.79 Å². The number of hydrogen-bond donors (Lipinski definition) is 1. The molecule has 0 radical (unpaired) electrons. The lowest BCUT2D eigenvalue weighted by Gasteiger charge is -2.33. The van der Waals surface area contributed by atoms with Crippen LogP contribution in [0.4, 0.5) is 8.78 Å². The highest BCUT2D eigenvalue weighted by Gasteiger charge is 2.26. The van der Waals surface area contributed by atoms with E-state index < -0.39 is 6.61 Å². The predicted octanol–water partition coefficient (Wildman–Crippen LogP) is 2.91. The van der Waals surface area contributed by atoms with Crippen LogP contribution in [-0.4, -0.2) is 37.1 Å². The van der Waals surface area contributed by atoms with Gasteiger partial charge in [0.1, 0.15) is 5.75 Å². The van der Waals surface area contributed by atoms with Crippen molar-refractivity contribution in [2.45, 2.75) is 25.9 Å². The number of ether oxygens (including phenoxy) is 1. The van der Waals surface area contributed by atoms with Gasteiger partial charge in [-0.2, -0.15) is 8.78 Å². The minimum Gasteiger partial charge on any atom is -0.434 e. The van der Waals surface area contributed by atoms with Crippen LogP contribution in [0.5, 0.6) is 5.75 Å². The third kappa shape index (κ3) is 4.81. The fourth-order valence-corrected chi connectivity index (χ4v) is 2.73. The van der Waals surface area contributed by atoms with Gasteiger partial charge < -0.3 is 15.4 Å². The molecule has 124 valence electrons. The molecule has 1 unspecified atom stereocenters. The quantitative estimate of drug-likeness (QED) is 0.900. The summed E-state index contributed by atoms with van der Waals surface area (Å²) in [6.45, 7) is -1.08. The highest BCUT2D eigenvalue weighted by molar-refractivity contribution is 5.97. The molecule has 1 aliphatic rings. The van der Waals surface area contributed by atoms with E-state index in [0.29, 0.717) is 25.6 Å². The average Bonchev–Trinajstić information content (AvgIpc) is 2.47. The smallest absolute Gasteiger partial charge is 0.387 e. The summed E-state index contributed by atoms with van der Waals surface area (Å²) in [5.74, 6) is 0.0577. The lowest BCUT2D eigenvalue weighted by atomic mass is 9.94. The van der Waals surface area contributed by atoms with Gasteiger partial charge in [0.25, 0.3) is 5.91 Å². The molecule has 0 bridgehead atoms. The molecule has 1 fully saturated rings. The molecular weight excluding hydrogens is 314 g/mol. The van der Waals surface area contributed by atoms with E-state index >= 15 is 0 Å². The van der Waals surface area contributed by atoms with Gasteiger partial charge in [-0.05, 0) is 43.9 Å². The van der Waals surface area contributed by atoms with Crippen LogP contribution in [-0.2, 0) is 0 Å². The number of nitrogens with two attached hydrogens (primary N) is 1. The Labute approximate surface area is 135 Å². The first-order valence-corrected chi connectivity index (χ1v) is 7.15. The van der Waals surface area contributed by atoms with Crippen molar-refractivity contribution >= 4 is 18.3 Å². The maximum absolute atomic E-state index is 12.5. The van der Waals surface area contributed by atoms with Crippen molar-refractivity contribution < 1.29 is 18.3 Å². The Kier molecular flexibility index (Phi) is 7.55. The maximum atomic E-state index is 12.5. The molecule has 1 saturated heterocycles. The van der Waals surface area contributed by atoms with Crippen LogP contribution in [0.1, 0.15) is 29.6 Å². The minimum atomic E-state index is -2.94. The van der Waals surface area contributed by atoms with Gasteiger partial charge in [0.15, 0.2) is 0 Å². The summed E-state index contributed by atoms with van der Waals surface area (Å²) in [5, 5.41) is 0. The van der Waals surface area contributed by atoms with Gasteiger partial charge in [0.2, 0.25) is 0 Å². The first-order chi connectivity index (χ1) is 10.1. The van der Waals surface area contributed by atoms with Crippen molar-refractivity contribution in [2.75, 3.05) is 19.6 Å². The molecule has 1 heterocycles. The Morgan fingerprint density at radius 1 is 1.41 bits per heavy atom. The summed E-state index contributed by atoms with van der Waals surface area (Å²) in [6.07, 6.45) is 2.84. The molecule has 0 aromatic heterocycles. The second-order valence-electron chi connectivity index (χ2n) is 5.21. The molecule has 0 aliphatic carbocycles. The van der Waals surface area contributed by atoms with Crippen LogP contribution in [0.2, 0.25) is 0 Å². The summed E-state index contributed by atoms with van der Waals surface area (Å²) in [5.41, 5.74) is 5.75.